The van der Waals surface area contributed by atoms with Crippen molar-refractivity contribution in [2.24, 2.45) is 0 Å². The lowest BCUT2D eigenvalue weighted by Crippen LogP contribution is -2.21. The molecule has 4 rings (SSSR count). The average Bonchev–Trinajstić information content (AvgIpc) is 3.03. The van der Waals surface area contributed by atoms with Crippen molar-refractivity contribution >= 4 is 5.52 Å². The Balaban J connectivity index is 1.75. The predicted octanol–water partition coefficient (Wildman–Crippen LogP) is 3.49. The molecule has 2 aromatic carbocycles. The minimum atomic E-state index is -0.338. The Morgan fingerprint density at radius 2 is 1.72 bits per heavy atom. The van der Waals surface area contributed by atoms with E-state index in [0.717, 1.165) is 5.56 Å². The zero-order valence-corrected chi connectivity index (χ0v) is 13.1. The number of rotatable bonds is 3. The van der Waals surface area contributed by atoms with Gasteiger partial charge in [-0.2, -0.15) is 5.10 Å². The molecule has 0 aliphatic rings. The van der Waals surface area contributed by atoms with Crippen molar-refractivity contribution in [3.05, 3.63) is 94.5 Å². The lowest BCUT2D eigenvalue weighted by Gasteiger charge is -2.06. The van der Waals surface area contributed by atoms with Crippen molar-refractivity contribution < 1.29 is 8.78 Å². The van der Waals surface area contributed by atoms with Gasteiger partial charge in [-0.3, -0.25) is 4.79 Å². The first-order valence-electron chi connectivity index (χ1n) is 7.69. The quantitative estimate of drug-likeness (QED) is 0.574. The van der Waals surface area contributed by atoms with Gasteiger partial charge < -0.3 is 4.57 Å². The maximum absolute atomic E-state index is 13.3. The second-order valence-corrected chi connectivity index (χ2v) is 5.73. The molecule has 0 N–H and O–H groups in total. The SMILES string of the molecule is O=c1c2cc(-c3ccc(F)cc3)nn2ccn1Cc1cccc(F)c1. The maximum Gasteiger partial charge on any atom is 0.276 e. The molecule has 2 heterocycles. The number of hydrogen-bond donors (Lipinski definition) is 0. The summed E-state index contributed by atoms with van der Waals surface area (Å²) in [5.74, 6) is -0.667. The van der Waals surface area contributed by atoms with E-state index in [1.165, 1.54) is 33.3 Å². The molecule has 124 valence electrons. The molecule has 4 nitrogen and oxygen atoms in total. The van der Waals surface area contributed by atoms with Gasteiger partial charge in [-0.25, -0.2) is 13.3 Å². The predicted molar refractivity (Wildman–Crippen MR) is 90.3 cm³/mol. The van der Waals surface area contributed by atoms with Gasteiger partial charge in [0.25, 0.3) is 5.56 Å². The van der Waals surface area contributed by atoms with Crippen LogP contribution in [0.3, 0.4) is 0 Å². The van der Waals surface area contributed by atoms with E-state index in [1.54, 1.807) is 42.7 Å². The highest BCUT2D eigenvalue weighted by molar-refractivity contribution is 5.65. The fraction of sp³-hybridized carbons (Fsp3) is 0.0526. The molecule has 0 bridgehead atoms. The van der Waals surface area contributed by atoms with Gasteiger partial charge in [-0.1, -0.05) is 12.1 Å². The molecule has 0 saturated carbocycles. The van der Waals surface area contributed by atoms with Crippen LogP contribution in [0.5, 0.6) is 0 Å². The number of aromatic nitrogens is 3. The summed E-state index contributed by atoms with van der Waals surface area (Å²) in [6, 6.07) is 13.7. The van der Waals surface area contributed by atoms with Crippen LogP contribution in [0.25, 0.3) is 16.8 Å². The van der Waals surface area contributed by atoms with Crippen molar-refractivity contribution in [2.45, 2.75) is 6.54 Å². The normalized spacial score (nSPS) is 11.1. The molecule has 0 aliphatic carbocycles. The molecule has 0 amide bonds. The Hall–Kier alpha value is -3.28. The van der Waals surface area contributed by atoms with Crippen molar-refractivity contribution in [1.29, 1.82) is 0 Å². The third-order valence-corrected chi connectivity index (χ3v) is 3.99. The first-order chi connectivity index (χ1) is 12.1. The Labute approximate surface area is 141 Å². The second-order valence-electron chi connectivity index (χ2n) is 5.73. The maximum atomic E-state index is 13.3. The van der Waals surface area contributed by atoms with Gasteiger partial charge in [-0.15, -0.1) is 0 Å². The van der Waals surface area contributed by atoms with Gasteiger partial charge in [0.05, 0.1) is 12.2 Å². The molecule has 6 heteroatoms. The monoisotopic (exact) mass is 337 g/mol. The van der Waals surface area contributed by atoms with Gasteiger partial charge >= 0.3 is 0 Å². The Bertz CT molecular complexity index is 1110. The van der Waals surface area contributed by atoms with Gasteiger partial charge in [0.1, 0.15) is 17.2 Å². The van der Waals surface area contributed by atoms with Crippen LogP contribution >= 0.6 is 0 Å². The standard InChI is InChI=1S/C19H13F2N3O/c20-15-6-4-14(5-7-15)17-11-18-19(25)23(8-9-24(18)22-17)12-13-2-1-3-16(21)10-13/h1-11H,12H2. The average molecular weight is 337 g/mol. The zero-order chi connectivity index (χ0) is 17.4. The lowest BCUT2D eigenvalue weighted by molar-refractivity contribution is 0.622. The Morgan fingerprint density at radius 1 is 0.920 bits per heavy atom. The van der Waals surface area contributed by atoms with Crippen LogP contribution < -0.4 is 5.56 Å². The van der Waals surface area contributed by atoms with Crippen molar-refractivity contribution in [2.75, 3.05) is 0 Å². The summed E-state index contributed by atoms with van der Waals surface area (Å²) in [6.07, 6.45) is 3.28. The minimum Gasteiger partial charge on any atom is -0.308 e. The van der Waals surface area contributed by atoms with E-state index in [2.05, 4.69) is 5.10 Å². The second kappa shape index (κ2) is 5.98. The van der Waals surface area contributed by atoms with Gasteiger partial charge in [0.2, 0.25) is 0 Å². The largest absolute Gasteiger partial charge is 0.308 e. The molecule has 0 fully saturated rings. The number of hydrogen-bond acceptors (Lipinski definition) is 2. The van der Waals surface area contributed by atoms with Crippen LogP contribution in [0.15, 0.2) is 71.8 Å². The molecule has 0 atom stereocenters. The van der Waals surface area contributed by atoms with Crippen LogP contribution in [0.4, 0.5) is 8.78 Å². The van der Waals surface area contributed by atoms with Crippen LogP contribution in [0.1, 0.15) is 5.56 Å². The van der Waals surface area contributed by atoms with E-state index in [0.29, 0.717) is 16.8 Å². The minimum absolute atomic E-state index is 0.229. The van der Waals surface area contributed by atoms with Crippen LogP contribution in [-0.2, 0) is 6.54 Å². The lowest BCUT2D eigenvalue weighted by atomic mass is 10.1. The number of halogens is 2. The third kappa shape index (κ3) is 2.94. The molecular weight excluding hydrogens is 324 g/mol. The highest BCUT2D eigenvalue weighted by Crippen LogP contribution is 2.18. The summed E-state index contributed by atoms with van der Waals surface area (Å²) >= 11 is 0. The van der Waals surface area contributed by atoms with E-state index < -0.39 is 0 Å². The van der Waals surface area contributed by atoms with Crippen molar-refractivity contribution in [3.8, 4) is 11.3 Å². The summed E-state index contributed by atoms with van der Waals surface area (Å²) in [7, 11) is 0. The van der Waals surface area contributed by atoms with E-state index in [1.807, 2.05) is 0 Å². The molecular formula is C19H13F2N3O. The van der Waals surface area contributed by atoms with Gasteiger partial charge in [-0.05, 0) is 48.0 Å². The van der Waals surface area contributed by atoms with Crippen molar-refractivity contribution in [1.82, 2.24) is 14.2 Å². The Kier molecular flexibility index (Phi) is 3.65. The first kappa shape index (κ1) is 15.3. The number of benzene rings is 2. The third-order valence-electron chi connectivity index (χ3n) is 3.99. The Morgan fingerprint density at radius 3 is 2.48 bits per heavy atom. The molecule has 0 aliphatic heterocycles. The molecule has 0 spiro atoms. The van der Waals surface area contributed by atoms with E-state index in [-0.39, 0.29) is 23.7 Å². The zero-order valence-electron chi connectivity index (χ0n) is 13.1. The first-order valence-corrected chi connectivity index (χ1v) is 7.69. The number of nitrogens with zero attached hydrogens (tertiary/aromatic N) is 3. The van der Waals surface area contributed by atoms with Gasteiger partial charge in [0, 0.05) is 18.0 Å². The van der Waals surface area contributed by atoms with E-state index >= 15 is 0 Å². The summed E-state index contributed by atoms with van der Waals surface area (Å²) < 4.78 is 29.4. The molecule has 0 radical (unpaired) electrons. The van der Waals surface area contributed by atoms with Crippen molar-refractivity contribution in [3.63, 3.8) is 0 Å². The highest BCUT2D eigenvalue weighted by Gasteiger charge is 2.10. The molecule has 25 heavy (non-hydrogen) atoms. The fourth-order valence-corrected chi connectivity index (χ4v) is 2.74. The molecule has 4 aromatic rings. The topological polar surface area (TPSA) is 39.3 Å². The van der Waals surface area contributed by atoms with Gasteiger partial charge in [0.15, 0.2) is 0 Å². The summed E-state index contributed by atoms with van der Waals surface area (Å²) in [5.41, 5.74) is 2.18. The molecule has 0 saturated heterocycles. The summed E-state index contributed by atoms with van der Waals surface area (Å²) in [6.45, 7) is 0.268. The fourth-order valence-electron chi connectivity index (χ4n) is 2.74. The molecule has 2 aromatic heterocycles. The molecule has 0 unspecified atom stereocenters. The summed E-state index contributed by atoms with van der Waals surface area (Å²) in [4.78, 5) is 12.7. The van der Waals surface area contributed by atoms with Crippen LogP contribution in [-0.4, -0.2) is 14.2 Å². The van der Waals surface area contributed by atoms with E-state index in [4.69, 9.17) is 0 Å². The highest BCUT2D eigenvalue weighted by atomic mass is 19.1. The van der Waals surface area contributed by atoms with Crippen LogP contribution in [0, 0.1) is 11.6 Å². The van der Waals surface area contributed by atoms with E-state index in [9.17, 15) is 13.6 Å². The smallest absolute Gasteiger partial charge is 0.276 e. The van der Waals surface area contributed by atoms with Crippen LogP contribution in [0.2, 0.25) is 0 Å². The summed E-state index contributed by atoms with van der Waals surface area (Å²) in [5, 5.41) is 4.36. The number of fused-ring (bicyclic) bond motifs is 1.